The van der Waals surface area contributed by atoms with E-state index < -0.39 is 23.3 Å². The summed E-state index contributed by atoms with van der Waals surface area (Å²) in [4.78, 5) is 142. The van der Waals surface area contributed by atoms with Gasteiger partial charge in [0.05, 0.1) is 73.2 Å². The van der Waals surface area contributed by atoms with Crippen LogP contribution < -0.4 is 0 Å². The SMILES string of the molecule is CCC1=C(C)c2cc3[nH]c(cc4nc(c5c6[nH]c(cc1n2)c(C)c6C(=O)C5)[C@@H](CCC(=O)OCC(C)(COC(=O)CC[C@@H]1c2nc(cc5[nH]c(cc6nc(cc7[nH]c8c2CC(=O)c8c7C)C(CC)=C6C)c(CC)c5C)[C@H]1C)COC(=O)CC[C@@H]1c2nc(cc5[nH]c(cc6nc(cc7[nH]c8c2CC(=O)c8c7C)C(CC)=C6C)c(CC)c5C)[C@H]1C)[C@@H]4C)c(C)c3CC. The van der Waals surface area contributed by atoms with Gasteiger partial charge in [-0.25, -0.2) is 15.0 Å². The van der Waals surface area contributed by atoms with Gasteiger partial charge in [-0.3, -0.25) is 43.7 Å². The maximum atomic E-state index is 14.9. The van der Waals surface area contributed by atoms with Crippen LogP contribution in [0.25, 0.3) is 99.6 Å². The fourth-order valence-electron chi connectivity index (χ4n) is 21.9. The van der Waals surface area contributed by atoms with Crippen LogP contribution in [0.1, 0.15) is 349 Å². The number of ketones is 3. The zero-order valence-corrected chi connectivity index (χ0v) is 75.7. The van der Waals surface area contributed by atoms with Gasteiger partial charge in [0.15, 0.2) is 17.3 Å². The summed E-state index contributed by atoms with van der Waals surface area (Å²) >= 11 is 0. The van der Waals surface area contributed by atoms with Crippen molar-refractivity contribution in [2.75, 3.05) is 19.8 Å². The number of ether oxygens (including phenoxy) is 3. The number of nitrogens with zero attached hydrogens (tertiary/aromatic N) is 6. The molecule has 6 N–H and O–H groups in total. The lowest BCUT2D eigenvalue weighted by Crippen LogP contribution is -2.37. The fraction of sp³-hybridized carbons (Fsp3) is 0.423. The second-order valence-electron chi connectivity index (χ2n) is 36.9. The van der Waals surface area contributed by atoms with E-state index in [0.29, 0.717) is 36.0 Å². The quantitative estimate of drug-likeness (QED) is 0.0288. The third kappa shape index (κ3) is 14.2. The zero-order valence-electron chi connectivity index (χ0n) is 75.7. The Kier molecular flexibility index (Phi) is 21.6. The molecular weight excluding hydrogens is 1560 g/mol. The molecule has 0 radical (unpaired) electrons. The molecule has 9 aromatic rings. The van der Waals surface area contributed by atoms with Gasteiger partial charge < -0.3 is 44.1 Å². The fourth-order valence-corrected chi connectivity index (χ4v) is 21.9. The molecule has 644 valence electrons. The van der Waals surface area contributed by atoms with Crippen LogP contribution in [0.3, 0.4) is 0 Å². The Labute approximate surface area is 728 Å². The number of aromatic nitrogens is 12. The molecule has 0 unspecified atom stereocenters. The van der Waals surface area contributed by atoms with Gasteiger partial charge in [0, 0.05) is 174 Å². The van der Waals surface area contributed by atoms with Gasteiger partial charge in [0.1, 0.15) is 19.8 Å². The summed E-state index contributed by atoms with van der Waals surface area (Å²) in [5.41, 5.74) is 39.9. The normalized spacial score (nSPS) is 18.3. The van der Waals surface area contributed by atoms with Crippen LogP contribution in [0.15, 0.2) is 54.6 Å². The van der Waals surface area contributed by atoms with Gasteiger partial charge in [-0.2, -0.15) is 0 Å². The Hall–Kier alpha value is -12.0. The number of carbonyl (C=O) groups is 6. The van der Waals surface area contributed by atoms with Gasteiger partial charge in [-0.05, 0) is 265 Å². The number of aromatic amines is 6. The van der Waals surface area contributed by atoms with Crippen molar-refractivity contribution < 1.29 is 43.0 Å². The summed E-state index contributed by atoms with van der Waals surface area (Å²) in [5, 5.41) is 0. The topological polar surface area (TPSA) is 302 Å². The number of fused-ring (bicyclic) bond motifs is 24. The van der Waals surface area contributed by atoms with Gasteiger partial charge in [0.25, 0.3) is 0 Å². The first-order valence-corrected chi connectivity index (χ1v) is 45.4. The molecule has 9 aromatic heterocycles. The average molecular weight is 1680 g/mol. The maximum Gasteiger partial charge on any atom is 0.305 e. The lowest BCUT2D eigenvalue weighted by molar-refractivity contribution is -0.160. The number of carbonyl (C=O) groups excluding carboxylic acids is 6. The minimum atomic E-state index is -1.27. The van der Waals surface area contributed by atoms with Crippen molar-refractivity contribution in [2.45, 2.75) is 263 Å². The van der Waals surface area contributed by atoms with Crippen LogP contribution >= 0.6 is 0 Å². The van der Waals surface area contributed by atoms with E-state index >= 15 is 0 Å². The smallest absolute Gasteiger partial charge is 0.305 e. The van der Waals surface area contributed by atoms with Crippen LogP contribution in [0.4, 0.5) is 0 Å². The molecule has 21 heteroatoms. The highest BCUT2D eigenvalue weighted by Gasteiger charge is 2.42. The second kappa shape index (κ2) is 32.2. The summed E-state index contributed by atoms with van der Waals surface area (Å²) in [6.07, 6.45) is 6.11. The Morgan fingerprint density at radius 1 is 0.344 bits per heavy atom. The second-order valence-corrected chi connectivity index (χ2v) is 36.9. The van der Waals surface area contributed by atoms with E-state index in [1.807, 2.05) is 20.8 Å². The van der Waals surface area contributed by atoms with Crippen LogP contribution in [-0.4, -0.2) is 115 Å². The molecule has 18 rings (SSSR count). The predicted molar refractivity (Wildman–Crippen MR) is 494 cm³/mol. The molecule has 0 amide bonds. The summed E-state index contributed by atoms with van der Waals surface area (Å²) in [6.45, 7) is 39.1. The number of hydrogen-bond donors (Lipinski definition) is 6. The molecule has 0 saturated heterocycles. The highest BCUT2D eigenvalue weighted by molar-refractivity contribution is 6.15. The maximum absolute atomic E-state index is 14.9. The van der Waals surface area contributed by atoms with E-state index in [1.165, 1.54) is 16.7 Å². The summed E-state index contributed by atoms with van der Waals surface area (Å²) < 4.78 is 19.2. The first kappa shape index (κ1) is 83.9. The third-order valence-corrected chi connectivity index (χ3v) is 29.5. The number of nitrogens with one attached hydrogen (secondary N) is 6. The minimum Gasteiger partial charge on any atom is -0.465 e. The molecule has 3 aliphatic carbocycles. The van der Waals surface area contributed by atoms with E-state index in [2.05, 4.69) is 188 Å². The molecular formula is C104H114N12O9. The molecule has 0 aromatic carbocycles. The van der Waals surface area contributed by atoms with Gasteiger partial charge in [-0.1, -0.05) is 62.3 Å². The van der Waals surface area contributed by atoms with Gasteiger partial charge >= 0.3 is 17.9 Å². The van der Waals surface area contributed by atoms with E-state index in [-0.39, 0.29) is 111 Å². The first-order valence-electron chi connectivity index (χ1n) is 45.4. The van der Waals surface area contributed by atoms with E-state index in [4.69, 9.17) is 44.1 Å². The molecule has 0 saturated carbocycles. The Morgan fingerprint density at radius 2 is 0.600 bits per heavy atom. The lowest BCUT2D eigenvalue weighted by Gasteiger charge is -2.28. The molecule has 15 heterocycles. The van der Waals surface area contributed by atoms with Crippen LogP contribution in [0.5, 0.6) is 0 Å². The Morgan fingerprint density at radius 3 is 0.856 bits per heavy atom. The summed E-state index contributed by atoms with van der Waals surface area (Å²) in [7, 11) is 0. The van der Waals surface area contributed by atoms with Crippen LogP contribution in [0.2, 0.25) is 0 Å². The Bertz CT molecular complexity index is 6260. The largest absolute Gasteiger partial charge is 0.465 e. The van der Waals surface area contributed by atoms with Crippen molar-refractivity contribution in [3.05, 3.63) is 206 Å². The molecule has 0 fully saturated rings. The zero-order chi connectivity index (χ0) is 88.1. The highest BCUT2D eigenvalue weighted by atomic mass is 16.6. The molecule has 125 heavy (non-hydrogen) atoms. The molecule has 0 spiro atoms. The van der Waals surface area contributed by atoms with E-state index in [1.54, 1.807) is 6.92 Å². The standard InChI is InChI=1S/C104H114N12O9/c1-20-59-47(7)71-35-77-53(13)65(98(111-77)68-32-89(117)95-56(16)80(114-101(68)95)41-86-62(23-4)50(10)74(108-86)38-83(59)105-71)26-29-92(120)123-44-104(19,45-124-93(121)30-27-66-54(14)78-36-72-48(8)60(21-2)84(106-72)39-75-51(11)63(24-5)87(109-75)42-81-57(17)96-90(118)33-69(99(66)112-78)102(96)115-81)46-125-94(122)31-28-67-55(15)79-37-73-49(9)61(22-3)85(107-73)40-76-52(12)64(25-6)88(110-76)43-82-58(18)97-91(119)34-70(100(67)113-79)103(97)116-82/h35-43,53-55,65-67,105-107,114-116H,20-34,44-46H2,1-19H3/t53-,54-,55-,65-,66-,67-,104?/m0/s1. The van der Waals surface area contributed by atoms with Crippen LogP contribution in [0, 0.1) is 47.0 Å². The van der Waals surface area contributed by atoms with Gasteiger partial charge in [-0.15, -0.1) is 0 Å². The summed E-state index contributed by atoms with van der Waals surface area (Å²) in [6, 6.07) is 19.1. The predicted octanol–water partition coefficient (Wildman–Crippen LogP) is 22.4. The third-order valence-electron chi connectivity index (χ3n) is 29.5. The Balaban J connectivity index is 0.652. The molecule has 6 aliphatic heterocycles. The minimum absolute atomic E-state index is 0.00524. The van der Waals surface area contributed by atoms with Gasteiger partial charge in [0.2, 0.25) is 0 Å². The number of Topliss-reactive ketones (excluding diaryl/α,β-unsaturated/α-hetero) is 3. The number of esters is 3. The lowest BCUT2D eigenvalue weighted by atomic mass is 9.85. The first-order chi connectivity index (χ1) is 59.9. The van der Waals surface area contributed by atoms with Crippen molar-refractivity contribution in [1.29, 1.82) is 0 Å². The average Bonchev–Trinajstić information content (AvgIpc) is 1.59. The van der Waals surface area contributed by atoms with Crippen molar-refractivity contribution in [3.8, 4) is 0 Å². The number of rotatable bonds is 21. The van der Waals surface area contributed by atoms with Crippen molar-refractivity contribution >= 4 is 135 Å². The van der Waals surface area contributed by atoms with E-state index in [9.17, 15) is 28.8 Å². The molecule has 21 nitrogen and oxygen atoms in total. The highest BCUT2D eigenvalue weighted by Crippen LogP contribution is 2.50. The molecule has 6 atom stereocenters. The molecule has 24 bridgehead atoms. The number of H-pyrrole nitrogens is 6. The monoisotopic (exact) mass is 1670 g/mol. The summed E-state index contributed by atoms with van der Waals surface area (Å²) in [5.74, 6) is -2.97. The van der Waals surface area contributed by atoms with E-state index in [0.717, 1.165) is 257 Å². The number of hydrogen-bond acceptors (Lipinski definition) is 15. The van der Waals surface area contributed by atoms with Crippen molar-refractivity contribution in [2.24, 2.45) is 5.41 Å². The molecule has 9 aliphatic rings. The van der Waals surface area contributed by atoms with Crippen molar-refractivity contribution in [3.63, 3.8) is 0 Å². The van der Waals surface area contributed by atoms with Crippen molar-refractivity contribution in [1.82, 2.24) is 59.8 Å². The number of aryl methyl sites for hydroxylation is 9. The van der Waals surface area contributed by atoms with Crippen LogP contribution in [-0.2, 0) is 67.1 Å². The number of allylic oxidation sites excluding steroid dienone is 6.